The van der Waals surface area contributed by atoms with Gasteiger partial charge in [-0.2, -0.15) is 0 Å². The number of nitrogens with zero attached hydrogens (tertiary/aromatic N) is 1. The predicted molar refractivity (Wildman–Crippen MR) is 78.7 cm³/mol. The molecule has 0 aliphatic rings. The molecule has 1 rings (SSSR count). The Morgan fingerprint density at radius 1 is 1.21 bits per heavy atom. The van der Waals surface area contributed by atoms with Crippen LogP contribution in [0.25, 0.3) is 0 Å². The molecule has 0 bridgehead atoms. The van der Waals surface area contributed by atoms with Gasteiger partial charge in [0.15, 0.2) is 5.78 Å². The van der Waals surface area contributed by atoms with E-state index in [1.165, 1.54) is 5.56 Å². The van der Waals surface area contributed by atoms with Gasteiger partial charge >= 0.3 is 0 Å². The Labute approximate surface area is 116 Å². The van der Waals surface area contributed by atoms with Crippen molar-refractivity contribution in [2.24, 2.45) is 0 Å². The molecular formula is C16H25NO2. The number of rotatable bonds is 8. The Balaban J connectivity index is 2.66. The first-order valence-corrected chi connectivity index (χ1v) is 7.02. The van der Waals surface area contributed by atoms with Crippen molar-refractivity contribution in [3.63, 3.8) is 0 Å². The predicted octanol–water partition coefficient (Wildman–Crippen LogP) is 2.58. The zero-order valence-electron chi connectivity index (χ0n) is 12.3. The lowest BCUT2D eigenvalue weighted by Gasteiger charge is -2.20. The molecule has 0 aliphatic carbocycles. The van der Waals surface area contributed by atoms with E-state index < -0.39 is 0 Å². The molecule has 0 unspecified atom stereocenters. The number of Topliss-reactive ketones (excluding diaryl/α,β-unsaturated/α-hetero) is 1. The third kappa shape index (κ3) is 5.13. The summed E-state index contributed by atoms with van der Waals surface area (Å²) in [5.74, 6) is 0.132. The van der Waals surface area contributed by atoms with Crippen LogP contribution in [0.2, 0.25) is 0 Å². The Hall–Kier alpha value is -1.19. The molecule has 3 nitrogen and oxygen atoms in total. The molecule has 0 saturated carbocycles. The van der Waals surface area contributed by atoms with Crippen LogP contribution >= 0.6 is 0 Å². The van der Waals surface area contributed by atoms with E-state index in [9.17, 15) is 4.79 Å². The minimum atomic E-state index is 0.101. The first-order valence-electron chi connectivity index (χ1n) is 7.02. The highest BCUT2D eigenvalue weighted by Crippen LogP contribution is 2.11. The highest BCUT2D eigenvalue weighted by atomic mass is 16.3. The van der Waals surface area contributed by atoms with Crippen LogP contribution in [0, 0.1) is 13.8 Å². The molecule has 3 heteroatoms. The molecule has 0 aliphatic heterocycles. The van der Waals surface area contributed by atoms with Crippen LogP contribution in [-0.4, -0.2) is 42.0 Å². The van der Waals surface area contributed by atoms with Gasteiger partial charge in [0.1, 0.15) is 0 Å². The second-order valence-electron chi connectivity index (χ2n) is 5.08. The number of aryl methyl sites for hydroxylation is 2. The molecule has 0 saturated heterocycles. The van der Waals surface area contributed by atoms with Gasteiger partial charge < -0.3 is 5.11 Å². The highest BCUT2D eigenvalue weighted by Gasteiger charge is 2.12. The van der Waals surface area contributed by atoms with Crippen LogP contribution in [0.1, 0.15) is 41.3 Å². The number of benzene rings is 1. The third-order valence-electron chi connectivity index (χ3n) is 3.44. The van der Waals surface area contributed by atoms with Crippen molar-refractivity contribution in [3.05, 3.63) is 34.9 Å². The van der Waals surface area contributed by atoms with E-state index in [0.29, 0.717) is 13.1 Å². The van der Waals surface area contributed by atoms with Crippen LogP contribution in [0.15, 0.2) is 18.2 Å². The number of aliphatic hydroxyl groups excluding tert-OH is 1. The summed E-state index contributed by atoms with van der Waals surface area (Å²) < 4.78 is 0. The summed E-state index contributed by atoms with van der Waals surface area (Å²) in [4.78, 5) is 14.3. The standard InChI is InChI=1S/C16H25NO2/c1-4-5-8-17(9-10-18)12-16(19)15-7-6-13(2)14(3)11-15/h6-7,11,18H,4-5,8-10,12H2,1-3H3. The van der Waals surface area contributed by atoms with Crippen molar-refractivity contribution in [3.8, 4) is 0 Å². The molecule has 106 valence electrons. The Morgan fingerprint density at radius 3 is 2.53 bits per heavy atom. The minimum Gasteiger partial charge on any atom is -0.395 e. The molecule has 0 aromatic heterocycles. The van der Waals surface area contributed by atoms with E-state index in [-0.39, 0.29) is 12.4 Å². The van der Waals surface area contributed by atoms with E-state index in [1.807, 2.05) is 36.9 Å². The van der Waals surface area contributed by atoms with Crippen LogP contribution in [0.3, 0.4) is 0 Å². The smallest absolute Gasteiger partial charge is 0.176 e. The zero-order valence-corrected chi connectivity index (χ0v) is 12.3. The fourth-order valence-electron chi connectivity index (χ4n) is 2.00. The van der Waals surface area contributed by atoms with Crippen molar-refractivity contribution in [2.75, 3.05) is 26.2 Å². The van der Waals surface area contributed by atoms with Gasteiger partial charge in [-0.25, -0.2) is 0 Å². The summed E-state index contributed by atoms with van der Waals surface area (Å²) in [5, 5.41) is 9.05. The number of aliphatic hydroxyl groups is 1. The number of carbonyl (C=O) groups is 1. The van der Waals surface area contributed by atoms with Gasteiger partial charge in [0.2, 0.25) is 0 Å². The van der Waals surface area contributed by atoms with E-state index in [2.05, 4.69) is 6.92 Å². The van der Waals surface area contributed by atoms with Crippen molar-refractivity contribution >= 4 is 5.78 Å². The van der Waals surface area contributed by atoms with Gasteiger partial charge in [-0.3, -0.25) is 9.69 Å². The normalized spacial score (nSPS) is 11.0. The monoisotopic (exact) mass is 263 g/mol. The van der Waals surface area contributed by atoms with Crippen molar-refractivity contribution in [1.29, 1.82) is 0 Å². The summed E-state index contributed by atoms with van der Waals surface area (Å²) in [6.45, 7) is 8.12. The first-order chi connectivity index (χ1) is 9.08. The van der Waals surface area contributed by atoms with Gasteiger partial charge in [0, 0.05) is 12.1 Å². The minimum absolute atomic E-state index is 0.101. The summed E-state index contributed by atoms with van der Waals surface area (Å²) >= 11 is 0. The van der Waals surface area contributed by atoms with E-state index in [1.54, 1.807) is 0 Å². The highest BCUT2D eigenvalue weighted by molar-refractivity contribution is 5.97. The maximum atomic E-state index is 12.2. The van der Waals surface area contributed by atoms with Crippen LogP contribution in [-0.2, 0) is 0 Å². The topological polar surface area (TPSA) is 40.5 Å². The summed E-state index contributed by atoms with van der Waals surface area (Å²) in [6.07, 6.45) is 2.15. The summed E-state index contributed by atoms with van der Waals surface area (Å²) in [7, 11) is 0. The fraction of sp³-hybridized carbons (Fsp3) is 0.562. The largest absolute Gasteiger partial charge is 0.395 e. The van der Waals surface area contributed by atoms with Crippen LogP contribution in [0.5, 0.6) is 0 Å². The lowest BCUT2D eigenvalue weighted by Crippen LogP contribution is -2.33. The molecule has 0 heterocycles. The van der Waals surface area contributed by atoms with E-state index in [0.717, 1.165) is 30.5 Å². The fourth-order valence-corrected chi connectivity index (χ4v) is 2.00. The lowest BCUT2D eigenvalue weighted by molar-refractivity contribution is 0.0913. The van der Waals surface area contributed by atoms with Gasteiger partial charge in [-0.1, -0.05) is 25.5 Å². The van der Waals surface area contributed by atoms with E-state index >= 15 is 0 Å². The molecule has 0 atom stereocenters. The molecule has 1 N–H and O–H groups in total. The van der Waals surface area contributed by atoms with Crippen molar-refractivity contribution in [2.45, 2.75) is 33.6 Å². The van der Waals surface area contributed by atoms with Gasteiger partial charge in [-0.05, 0) is 44.0 Å². The van der Waals surface area contributed by atoms with Crippen LogP contribution in [0.4, 0.5) is 0 Å². The van der Waals surface area contributed by atoms with Gasteiger partial charge in [0.05, 0.1) is 13.2 Å². The Kier molecular flexibility index (Phi) is 6.74. The quantitative estimate of drug-likeness (QED) is 0.733. The molecule has 1 aromatic carbocycles. The molecular weight excluding hydrogens is 238 g/mol. The molecule has 0 radical (unpaired) electrons. The molecule has 0 spiro atoms. The molecule has 0 amide bonds. The van der Waals surface area contributed by atoms with Crippen molar-refractivity contribution in [1.82, 2.24) is 4.90 Å². The average molecular weight is 263 g/mol. The number of unbranched alkanes of at least 4 members (excludes halogenated alkanes) is 1. The molecule has 1 aromatic rings. The number of hydrogen-bond acceptors (Lipinski definition) is 3. The van der Waals surface area contributed by atoms with Gasteiger partial charge in [-0.15, -0.1) is 0 Å². The number of carbonyl (C=O) groups excluding carboxylic acids is 1. The SMILES string of the molecule is CCCCN(CCO)CC(=O)c1ccc(C)c(C)c1. The molecule has 0 fully saturated rings. The third-order valence-corrected chi connectivity index (χ3v) is 3.44. The average Bonchev–Trinajstić information content (AvgIpc) is 2.39. The Morgan fingerprint density at radius 2 is 1.95 bits per heavy atom. The maximum Gasteiger partial charge on any atom is 0.176 e. The lowest BCUT2D eigenvalue weighted by atomic mass is 10.0. The summed E-state index contributed by atoms with van der Waals surface area (Å²) in [6, 6.07) is 5.83. The maximum absolute atomic E-state index is 12.2. The van der Waals surface area contributed by atoms with Gasteiger partial charge in [0.25, 0.3) is 0 Å². The summed E-state index contributed by atoms with van der Waals surface area (Å²) in [5.41, 5.74) is 3.12. The van der Waals surface area contributed by atoms with Crippen molar-refractivity contribution < 1.29 is 9.90 Å². The second-order valence-corrected chi connectivity index (χ2v) is 5.08. The number of hydrogen-bond donors (Lipinski definition) is 1. The molecule has 19 heavy (non-hydrogen) atoms. The van der Waals surface area contributed by atoms with Crippen LogP contribution < -0.4 is 0 Å². The Bertz CT molecular complexity index is 415. The second kappa shape index (κ2) is 8.08. The number of ketones is 1. The zero-order chi connectivity index (χ0) is 14.3. The first kappa shape index (κ1) is 15.9. The van der Waals surface area contributed by atoms with E-state index in [4.69, 9.17) is 5.11 Å².